The van der Waals surface area contributed by atoms with Gasteiger partial charge in [-0.1, -0.05) is 33.1 Å². The molecule has 2 N–H and O–H groups in total. The van der Waals surface area contributed by atoms with Crippen LogP contribution in [0.1, 0.15) is 59.3 Å². The Morgan fingerprint density at radius 1 is 1.10 bits per heavy atom. The third-order valence-electron chi connectivity index (χ3n) is 5.05. The first-order valence-electron chi connectivity index (χ1n) is 8.70. The SMILES string of the molecule is CC(C)C(=O)N1CC(NC2CCCCC2)CC(C(C)O)C1. The molecule has 0 bridgehead atoms. The molecule has 0 aromatic rings. The molecule has 1 amide bonds. The Labute approximate surface area is 129 Å². The second kappa shape index (κ2) is 7.59. The van der Waals surface area contributed by atoms with Crippen LogP contribution < -0.4 is 5.32 Å². The Bertz CT molecular complexity index is 338. The van der Waals surface area contributed by atoms with Crippen LogP contribution in [-0.2, 0) is 4.79 Å². The summed E-state index contributed by atoms with van der Waals surface area (Å²) in [6, 6.07) is 0.941. The van der Waals surface area contributed by atoms with Crippen molar-refractivity contribution in [2.75, 3.05) is 13.1 Å². The molecule has 122 valence electrons. The van der Waals surface area contributed by atoms with Crippen molar-refractivity contribution in [2.45, 2.75) is 77.5 Å². The lowest BCUT2D eigenvalue weighted by atomic mass is 9.88. The maximum absolute atomic E-state index is 12.3. The van der Waals surface area contributed by atoms with Crippen molar-refractivity contribution < 1.29 is 9.90 Å². The van der Waals surface area contributed by atoms with Crippen LogP contribution in [0.25, 0.3) is 0 Å². The van der Waals surface area contributed by atoms with E-state index in [0.29, 0.717) is 18.6 Å². The highest BCUT2D eigenvalue weighted by Gasteiger charge is 2.33. The average Bonchev–Trinajstić information content (AvgIpc) is 2.47. The lowest BCUT2D eigenvalue weighted by Crippen LogP contribution is -2.56. The number of rotatable bonds is 4. The van der Waals surface area contributed by atoms with Gasteiger partial charge < -0.3 is 15.3 Å². The lowest BCUT2D eigenvalue weighted by molar-refractivity contribution is -0.137. The minimum atomic E-state index is -0.344. The van der Waals surface area contributed by atoms with Gasteiger partial charge in [-0.2, -0.15) is 0 Å². The Morgan fingerprint density at radius 3 is 2.33 bits per heavy atom. The first-order chi connectivity index (χ1) is 9.97. The highest BCUT2D eigenvalue weighted by molar-refractivity contribution is 5.78. The molecule has 2 aliphatic rings. The number of carbonyl (C=O) groups excluding carboxylic acids is 1. The minimum Gasteiger partial charge on any atom is -0.393 e. The van der Waals surface area contributed by atoms with E-state index in [1.807, 2.05) is 25.7 Å². The molecule has 2 fully saturated rings. The molecule has 0 radical (unpaired) electrons. The Kier molecular flexibility index (Phi) is 6.06. The van der Waals surface area contributed by atoms with E-state index in [1.54, 1.807) is 0 Å². The van der Waals surface area contributed by atoms with Crippen molar-refractivity contribution in [3.05, 3.63) is 0 Å². The molecule has 3 unspecified atom stereocenters. The minimum absolute atomic E-state index is 0.0353. The zero-order valence-corrected chi connectivity index (χ0v) is 13.8. The third kappa shape index (κ3) is 4.68. The predicted octanol–water partition coefficient (Wildman–Crippen LogP) is 2.16. The zero-order chi connectivity index (χ0) is 15.4. The zero-order valence-electron chi connectivity index (χ0n) is 13.8. The standard InChI is InChI=1S/C17H32N2O2/c1-12(2)17(21)19-10-14(13(3)20)9-16(11-19)18-15-7-5-4-6-8-15/h12-16,18,20H,4-11H2,1-3H3. The van der Waals surface area contributed by atoms with E-state index in [0.717, 1.165) is 13.0 Å². The summed E-state index contributed by atoms with van der Waals surface area (Å²) in [4.78, 5) is 14.3. The molecule has 1 saturated carbocycles. The lowest BCUT2D eigenvalue weighted by Gasteiger charge is -2.41. The molecule has 21 heavy (non-hydrogen) atoms. The van der Waals surface area contributed by atoms with Crippen molar-refractivity contribution in [1.82, 2.24) is 10.2 Å². The largest absolute Gasteiger partial charge is 0.393 e. The van der Waals surface area contributed by atoms with Gasteiger partial charge in [0.05, 0.1) is 6.10 Å². The van der Waals surface area contributed by atoms with Gasteiger partial charge >= 0.3 is 0 Å². The van der Waals surface area contributed by atoms with Gasteiger partial charge in [0.15, 0.2) is 0 Å². The van der Waals surface area contributed by atoms with Gasteiger partial charge in [0.1, 0.15) is 0 Å². The summed E-state index contributed by atoms with van der Waals surface area (Å²) in [5, 5.41) is 13.7. The molecule has 4 heteroatoms. The summed E-state index contributed by atoms with van der Waals surface area (Å²) < 4.78 is 0. The Balaban J connectivity index is 1.97. The molecule has 1 aliphatic carbocycles. The second-order valence-electron chi connectivity index (χ2n) is 7.33. The number of hydrogen-bond acceptors (Lipinski definition) is 3. The van der Waals surface area contributed by atoms with Crippen LogP contribution in [0.2, 0.25) is 0 Å². The van der Waals surface area contributed by atoms with Crippen LogP contribution in [0.15, 0.2) is 0 Å². The second-order valence-corrected chi connectivity index (χ2v) is 7.33. The van der Waals surface area contributed by atoms with Crippen molar-refractivity contribution in [3.63, 3.8) is 0 Å². The molecule has 1 heterocycles. The average molecular weight is 296 g/mol. The van der Waals surface area contributed by atoms with Gasteiger partial charge in [0.25, 0.3) is 0 Å². The summed E-state index contributed by atoms with van der Waals surface area (Å²) in [6.45, 7) is 7.27. The molecule has 0 spiro atoms. The number of hydrogen-bond donors (Lipinski definition) is 2. The number of aliphatic hydroxyl groups excluding tert-OH is 1. The predicted molar refractivity (Wildman–Crippen MR) is 85.0 cm³/mol. The maximum Gasteiger partial charge on any atom is 0.225 e. The van der Waals surface area contributed by atoms with Gasteiger partial charge in [0.2, 0.25) is 5.91 Å². The van der Waals surface area contributed by atoms with Crippen LogP contribution in [0.3, 0.4) is 0 Å². The van der Waals surface area contributed by atoms with Gasteiger partial charge in [-0.3, -0.25) is 4.79 Å². The smallest absolute Gasteiger partial charge is 0.225 e. The van der Waals surface area contributed by atoms with E-state index < -0.39 is 0 Å². The van der Waals surface area contributed by atoms with Crippen LogP contribution in [-0.4, -0.2) is 47.2 Å². The van der Waals surface area contributed by atoms with E-state index in [-0.39, 0.29) is 23.8 Å². The fourth-order valence-corrected chi connectivity index (χ4v) is 3.76. The molecular formula is C17H32N2O2. The highest BCUT2D eigenvalue weighted by atomic mass is 16.3. The van der Waals surface area contributed by atoms with E-state index in [1.165, 1.54) is 32.1 Å². The monoisotopic (exact) mass is 296 g/mol. The topological polar surface area (TPSA) is 52.6 Å². The first kappa shape index (κ1) is 16.8. The van der Waals surface area contributed by atoms with Crippen LogP contribution in [0, 0.1) is 11.8 Å². The summed E-state index contributed by atoms with van der Waals surface area (Å²) >= 11 is 0. The quantitative estimate of drug-likeness (QED) is 0.836. The van der Waals surface area contributed by atoms with Crippen molar-refractivity contribution >= 4 is 5.91 Å². The van der Waals surface area contributed by atoms with Gasteiger partial charge in [-0.15, -0.1) is 0 Å². The fraction of sp³-hybridized carbons (Fsp3) is 0.941. The molecule has 1 aliphatic heterocycles. The molecule has 2 rings (SSSR count). The number of amides is 1. The van der Waals surface area contributed by atoms with E-state index in [9.17, 15) is 9.90 Å². The van der Waals surface area contributed by atoms with Gasteiger partial charge in [0, 0.05) is 37.0 Å². The Morgan fingerprint density at radius 2 is 1.76 bits per heavy atom. The molecule has 1 saturated heterocycles. The highest BCUT2D eigenvalue weighted by Crippen LogP contribution is 2.24. The number of nitrogens with zero attached hydrogens (tertiary/aromatic N) is 1. The molecule has 3 atom stereocenters. The number of nitrogens with one attached hydrogen (secondary N) is 1. The molecule has 0 aromatic carbocycles. The molecular weight excluding hydrogens is 264 g/mol. The molecule has 4 nitrogen and oxygen atoms in total. The first-order valence-corrected chi connectivity index (χ1v) is 8.70. The van der Waals surface area contributed by atoms with Crippen molar-refractivity contribution in [2.24, 2.45) is 11.8 Å². The van der Waals surface area contributed by atoms with E-state index >= 15 is 0 Å². The van der Waals surface area contributed by atoms with Gasteiger partial charge in [-0.25, -0.2) is 0 Å². The number of likely N-dealkylation sites (tertiary alicyclic amines) is 1. The summed E-state index contributed by atoms with van der Waals surface area (Å²) in [5.74, 6) is 0.450. The molecule has 0 aromatic heterocycles. The number of aliphatic hydroxyl groups is 1. The number of carbonyl (C=O) groups is 1. The summed E-state index contributed by atoms with van der Waals surface area (Å²) in [5.41, 5.74) is 0. The fourth-order valence-electron chi connectivity index (χ4n) is 3.76. The van der Waals surface area contributed by atoms with Crippen LogP contribution in [0.5, 0.6) is 0 Å². The maximum atomic E-state index is 12.3. The van der Waals surface area contributed by atoms with Crippen LogP contribution in [0.4, 0.5) is 0 Å². The third-order valence-corrected chi connectivity index (χ3v) is 5.05. The van der Waals surface area contributed by atoms with Crippen molar-refractivity contribution in [3.8, 4) is 0 Å². The van der Waals surface area contributed by atoms with Crippen LogP contribution >= 0.6 is 0 Å². The van der Waals surface area contributed by atoms with E-state index in [4.69, 9.17) is 0 Å². The number of piperidine rings is 1. The van der Waals surface area contributed by atoms with Gasteiger partial charge in [-0.05, 0) is 26.2 Å². The summed E-state index contributed by atoms with van der Waals surface area (Å²) in [7, 11) is 0. The summed E-state index contributed by atoms with van der Waals surface area (Å²) in [6.07, 6.45) is 7.15. The van der Waals surface area contributed by atoms with E-state index in [2.05, 4.69) is 5.32 Å². The Hall–Kier alpha value is -0.610. The van der Waals surface area contributed by atoms with Crippen molar-refractivity contribution in [1.29, 1.82) is 0 Å². The normalized spacial score (nSPS) is 29.7.